The molecule has 0 radical (unpaired) electrons. The van der Waals surface area contributed by atoms with E-state index in [2.05, 4.69) is 20.5 Å². The van der Waals surface area contributed by atoms with Gasteiger partial charge in [0.2, 0.25) is 5.91 Å². The second kappa shape index (κ2) is 11.0. The quantitative estimate of drug-likeness (QED) is 0.192. The Labute approximate surface area is 230 Å². The first-order chi connectivity index (χ1) is 18.7. The number of aromatic amines is 1. The standard InChI is InChI=1S/C27H21ClF3N5O2S/c1-2-38-18-10-8-17(9-11-18)36-25(20-14-32-22-6-4-3-5-19(20)22)34-35-26(36)39-15-24(37)33-23-13-16(27(29,30)31)7-12-21(23)28/h3-14,32H,2,15H2,1H3,(H,33,37). The van der Waals surface area contributed by atoms with Gasteiger partial charge in [-0.05, 0) is 55.5 Å². The van der Waals surface area contributed by atoms with E-state index in [0.717, 1.165) is 52.1 Å². The maximum atomic E-state index is 13.1. The number of H-pyrrole nitrogens is 1. The Morgan fingerprint density at radius 1 is 1.10 bits per heavy atom. The van der Waals surface area contributed by atoms with Gasteiger partial charge in [-0.3, -0.25) is 9.36 Å². The van der Waals surface area contributed by atoms with E-state index in [1.807, 2.05) is 66.2 Å². The van der Waals surface area contributed by atoms with Crippen LogP contribution in [0.4, 0.5) is 18.9 Å². The first-order valence-electron chi connectivity index (χ1n) is 11.8. The molecule has 0 aliphatic rings. The second-order valence-corrected chi connectivity index (χ2v) is 9.70. The molecule has 0 bridgehead atoms. The molecule has 0 saturated heterocycles. The zero-order valence-corrected chi connectivity index (χ0v) is 22.0. The summed E-state index contributed by atoms with van der Waals surface area (Å²) in [4.78, 5) is 16.0. The van der Waals surface area contributed by atoms with Crippen LogP contribution in [0.3, 0.4) is 0 Å². The maximum Gasteiger partial charge on any atom is 0.416 e. The Morgan fingerprint density at radius 3 is 2.62 bits per heavy atom. The van der Waals surface area contributed by atoms with Crippen LogP contribution in [0.25, 0.3) is 28.0 Å². The first kappa shape index (κ1) is 26.6. The Kier molecular flexibility index (Phi) is 7.53. The van der Waals surface area contributed by atoms with Crippen molar-refractivity contribution in [2.24, 2.45) is 0 Å². The third-order valence-electron chi connectivity index (χ3n) is 5.77. The number of carbonyl (C=O) groups excluding carboxylic acids is 1. The third kappa shape index (κ3) is 5.74. The number of rotatable bonds is 8. The molecule has 0 atom stereocenters. The van der Waals surface area contributed by atoms with Gasteiger partial charge in [-0.2, -0.15) is 13.2 Å². The van der Waals surface area contributed by atoms with Gasteiger partial charge < -0.3 is 15.0 Å². The average Bonchev–Trinajstić information content (AvgIpc) is 3.53. The van der Waals surface area contributed by atoms with Crippen molar-refractivity contribution in [2.45, 2.75) is 18.3 Å². The van der Waals surface area contributed by atoms with Crippen molar-refractivity contribution in [1.82, 2.24) is 19.7 Å². The van der Waals surface area contributed by atoms with E-state index >= 15 is 0 Å². The Hall–Kier alpha value is -3.96. The maximum absolute atomic E-state index is 13.1. The lowest BCUT2D eigenvalue weighted by Gasteiger charge is -2.12. The predicted octanol–water partition coefficient (Wildman–Crippen LogP) is 7.22. The Bertz CT molecular complexity index is 1630. The van der Waals surface area contributed by atoms with Crippen LogP contribution >= 0.6 is 23.4 Å². The molecule has 1 amide bonds. The number of hydrogen-bond donors (Lipinski definition) is 2. The molecule has 39 heavy (non-hydrogen) atoms. The largest absolute Gasteiger partial charge is 0.494 e. The highest BCUT2D eigenvalue weighted by Gasteiger charge is 2.31. The highest BCUT2D eigenvalue weighted by Crippen LogP contribution is 2.35. The molecule has 2 heterocycles. The van der Waals surface area contributed by atoms with Gasteiger partial charge in [0.1, 0.15) is 5.75 Å². The smallest absolute Gasteiger partial charge is 0.416 e. The minimum Gasteiger partial charge on any atom is -0.494 e. The molecule has 7 nitrogen and oxygen atoms in total. The molecule has 0 fully saturated rings. The van der Waals surface area contributed by atoms with E-state index in [4.69, 9.17) is 16.3 Å². The molecule has 3 aromatic carbocycles. The first-order valence-corrected chi connectivity index (χ1v) is 13.2. The van der Waals surface area contributed by atoms with E-state index in [9.17, 15) is 18.0 Å². The number of alkyl halides is 3. The fourth-order valence-corrected chi connectivity index (χ4v) is 4.92. The van der Waals surface area contributed by atoms with Gasteiger partial charge in [0.15, 0.2) is 11.0 Å². The van der Waals surface area contributed by atoms with Crippen molar-refractivity contribution in [1.29, 1.82) is 0 Å². The van der Waals surface area contributed by atoms with Crippen LogP contribution in [0.15, 0.2) is 78.1 Å². The molecule has 0 unspecified atom stereocenters. The van der Waals surface area contributed by atoms with Gasteiger partial charge in [-0.15, -0.1) is 10.2 Å². The predicted molar refractivity (Wildman–Crippen MR) is 146 cm³/mol. The Balaban J connectivity index is 1.44. The fraction of sp³-hybridized carbons (Fsp3) is 0.148. The number of thioether (sulfide) groups is 1. The van der Waals surface area contributed by atoms with E-state index in [1.165, 1.54) is 0 Å². The number of halogens is 4. The summed E-state index contributed by atoms with van der Waals surface area (Å²) in [6.07, 6.45) is -2.72. The second-order valence-electron chi connectivity index (χ2n) is 8.35. The number of ether oxygens (including phenoxy) is 1. The van der Waals surface area contributed by atoms with E-state index in [-0.39, 0.29) is 16.5 Å². The Morgan fingerprint density at radius 2 is 1.87 bits per heavy atom. The van der Waals surface area contributed by atoms with Gasteiger partial charge in [0, 0.05) is 28.4 Å². The molecule has 200 valence electrons. The minimum atomic E-state index is -4.56. The number of amides is 1. The summed E-state index contributed by atoms with van der Waals surface area (Å²) in [7, 11) is 0. The van der Waals surface area contributed by atoms with E-state index in [0.29, 0.717) is 23.3 Å². The number of hydrogen-bond acceptors (Lipinski definition) is 5. The van der Waals surface area contributed by atoms with Gasteiger partial charge in [0.05, 0.1) is 28.6 Å². The highest BCUT2D eigenvalue weighted by molar-refractivity contribution is 7.99. The number of fused-ring (bicyclic) bond motifs is 1. The van der Waals surface area contributed by atoms with Gasteiger partial charge in [0.25, 0.3) is 0 Å². The van der Waals surface area contributed by atoms with Crippen molar-refractivity contribution < 1.29 is 22.7 Å². The summed E-state index contributed by atoms with van der Waals surface area (Å²) in [5.74, 6) is 0.571. The van der Waals surface area contributed by atoms with Crippen LogP contribution in [-0.4, -0.2) is 38.0 Å². The molecular weight excluding hydrogens is 551 g/mol. The molecular formula is C27H21ClF3N5O2S. The molecule has 0 saturated carbocycles. The summed E-state index contributed by atoms with van der Waals surface area (Å²) >= 11 is 7.12. The van der Waals surface area contributed by atoms with Crippen molar-refractivity contribution in [3.8, 4) is 22.8 Å². The van der Waals surface area contributed by atoms with Gasteiger partial charge >= 0.3 is 6.18 Å². The summed E-state index contributed by atoms with van der Waals surface area (Å²) in [5, 5.41) is 12.6. The molecule has 12 heteroatoms. The molecule has 0 spiro atoms. The molecule has 2 N–H and O–H groups in total. The number of benzene rings is 3. The summed E-state index contributed by atoms with van der Waals surface area (Å²) in [6.45, 7) is 2.42. The number of nitrogens with zero attached hydrogens (tertiary/aromatic N) is 3. The van der Waals surface area contributed by atoms with Crippen LogP contribution in [0.5, 0.6) is 5.75 Å². The van der Waals surface area contributed by atoms with Crippen molar-refractivity contribution in [2.75, 3.05) is 17.7 Å². The van der Waals surface area contributed by atoms with Crippen LogP contribution in [-0.2, 0) is 11.0 Å². The number of para-hydroxylation sites is 1. The van der Waals surface area contributed by atoms with Crippen molar-refractivity contribution in [3.05, 3.63) is 83.5 Å². The molecule has 2 aromatic heterocycles. The van der Waals surface area contributed by atoms with Gasteiger partial charge in [-0.25, -0.2) is 0 Å². The van der Waals surface area contributed by atoms with Crippen molar-refractivity contribution >= 4 is 45.9 Å². The number of aromatic nitrogens is 4. The van der Waals surface area contributed by atoms with E-state index in [1.54, 1.807) is 0 Å². The summed E-state index contributed by atoms with van der Waals surface area (Å²) in [5.41, 5.74) is 1.46. The third-order valence-corrected chi connectivity index (χ3v) is 7.03. The number of nitrogens with one attached hydrogen (secondary N) is 2. The molecule has 5 rings (SSSR count). The van der Waals surface area contributed by atoms with Crippen LogP contribution in [0, 0.1) is 0 Å². The summed E-state index contributed by atoms with van der Waals surface area (Å²) in [6, 6.07) is 17.9. The SMILES string of the molecule is CCOc1ccc(-n2c(SCC(=O)Nc3cc(C(F)(F)F)ccc3Cl)nnc2-c2c[nH]c3ccccc23)cc1. The van der Waals surface area contributed by atoms with Crippen LogP contribution in [0.2, 0.25) is 5.02 Å². The lowest BCUT2D eigenvalue weighted by Crippen LogP contribution is -2.16. The topological polar surface area (TPSA) is 84.8 Å². The van der Waals surface area contributed by atoms with E-state index < -0.39 is 17.6 Å². The number of anilines is 1. The van der Waals surface area contributed by atoms with Crippen LogP contribution in [0.1, 0.15) is 12.5 Å². The lowest BCUT2D eigenvalue weighted by molar-refractivity contribution is -0.137. The number of carbonyl (C=O) groups is 1. The fourth-order valence-electron chi connectivity index (χ4n) is 4.00. The molecule has 5 aromatic rings. The monoisotopic (exact) mass is 571 g/mol. The lowest BCUT2D eigenvalue weighted by atomic mass is 10.1. The van der Waals surface area contributed by atoms with Gasteiger partial charge in [-0.1, -0.05) is 41.6 Å². The zero-order chi connectivity index (χ0) is 27.6. The normalized spacial score (nSPS) is 11.6. The highest BCUT2D eigenvalue weighted by atomic mass is 35.5. The average molecular weight is 572 g/mol. The minimum absolute atomic E-state index is 0.000488. The van der Waals surface area contributed by atoms with Crippen molar-refractivity contribution in [3.63, 3.8) is 0 Å². The zero-order valence-electron chi connectivity index (χ0n) is 20.4. The molecule has 0 aliphatic carbocycles. The summed E-state index contributed by atoms with van der Waals surface area (Å²) < 4.78 is 46.7. The van der Waals surface area contributed by atoms with Crippen LogP contribution < -0.4 is 10.1 Å². The molecule has 0 aliphatic heterocycles.